The molecule has 0 amide bonds. The first-order valence-corrected chi connectivity index (χ1v) is 1.79. The molecule has 0 aliphatic carbocycles. The molecule has 0 saturated carbocycles. The Morgan fingerprint density at radius 1 is 1.43 bits per heavy atom. The van der Waals surface area contributed by atoms with E-state index in [0.29, 0.717) is 0 Å². The summed E-state index contributed by atoms with van der Waals surface area (Å²) < 4.78 is 0. The van der Waals surface area contributed by atoms with E-state index in [4.69, 9.17) is 0 Å². The predicted molar refractivity (Wildman–Crippen MR) is 25.1 cm³/mol. The Labute approximate surface area is 41.8 Å². The van der Waals surface area contributed by atoms with Gasteiger partial charge in [0.25, 0.3) is 0 Å². The third-order valence-electron chi connectivity index (χ3n) is 0.387. The van der Waals surface area contributed by atoms with E-state index in [0.717, 1.165) is 6.08 Å². The minimum absolute atomic E-state index is 0.176. The minimum Gasteiger partial charge on any atom is -0.291 e. The van der Waals surface area contributed by atoms with Crippen LogP contribution >= 0.6 is 0 Å². The quantitative estimate of drug-likeness (QED) is 0.469. The fraction of sp³-hybridized carbons (Fsp3) is 0.200. The molecule has 0 heterocycles. The molecule has 0 unspecified atom stereocenters. The van der Waals surface area contributed by atoms with Crippen molar-refractivity contribution in [2.24, 2.45) is 0 Å². The molecule has 2 radical (unpaired) electrons. The maximum absolute atomic E-state index is 9.37. The van der Waals surface area contributed by atoms with Gasteiger partial charge in [-0.2, -0.15) is 0 Å². The molecular formula is C5H4O2. The van der Waals surface area contributed by atoms with Gasteiger partial charge in [0.1, 0.15) is 0 Å². The highest BCUT2D eigenvalue weighted by Gasteiger charge is 1.69. The van der Waals surface area contributed by atoms with Crippen LogP contribution in [0.25, 0.3) is 0 Å². The van der Waals surface area contributed by atoms with Gasteiger partial charge in [-0.15, -0.1) is 0 Å². The minimum atomic E-state index is 0.176. The van der Waals surface area contributed by atoms with Crippen LogP contribution in [0.2, 0.25) is 0 Å². The van der Waals surface area contributed by atoms with E-state index in [2.05, 4.69) is 0 Å². The van der Waals surface area contributed by atoms with Crippen molar-refractivity contribution in [1.82, 2.24) is 0 Å². The number of rotatable bonds is 3. The van der Waals surface area contributed by atoms with Crippen LogP contribution in [0.3, 0.4) is 0 Å². The summed E-state index contributed by atoms with van der Waals surface area (Å²) in [5.74, 6) is 0. The Hall–Kier alpha value is -0.920. The van der Waals surface area contributed by atoms with E-state index < -0.39 is 0 Å². The number of hydrogen-bond donors (Lipinski definition) is 0. The number of carbonyl (C=O) groups excluding carboxylic acids is 2. The Bertz CT molecular complexity index is 84.1. The lowest BCUT2D eigenvalue weighted by Gasteiger charge is -1.63. The molecule has 0 N–H and O–H groups in total. The zero-order valence-electron chi connectivity index (χ0n) is 3.68. The first kappa shape index (κ1) is 6.08. The molecule has 0 aromatic heterocycles. The average Bonchev–Trinajstić information content (AvgIpc) is 1.69. The van der Waals surface area contributed by atoms with Gasteiger partial charge < -0.3 is 0 Å². The monoisotopic (exact) mass is 96.0 g/mol. The Kier molecular flexibility index (Phi) is 4.41. The van der Waals surface area contributed by atoms with Crippen LogP contribution in [0.1, 0.15) is 6.42 Å². The first-order chi connectivity index (χ1) is 3.41. The summed E-state index contributed by atoms with van der Waals surface area (Å²) >= 11 is 0. The van der Waals surface area contributed by atoms with E-state index in [1.54, 1.807) is 6.29 Å². The van der Waals surface area contributed by atoms with Crippen LogP contribution < -0.4 is 0 Å². The van der Waals surface area contributed by atoms with Crippen LogP contribution in [0, 0.1) is 0 Å². The van der Waals surface area contributed by atoms with Crippen molar-refractivity contribution in [2.75, 3.05) is 0 Å². The zero-order valence-corrected chi connectivity index (χ0v) is 3.68. The van der Waals surface area contributed by atoms with E-state index >= 15 is 0 Å². The highest BCUT2D eigenvalue weighted by atomic mass is 16.1. The van der Waals surface area contributed by atoms with Crippen LogP contribution in [0.15, 0.2) is 12.2 Å². The van der Waals surface area contributed by atoms with Crippen molar-refractivity contribution in [3.8, 4) is 0 Å². The highest BCUT2D eigenvalue weighted by molar-refractivity contribution is 5.67. The Morgan fingerprint density at radius 2 is 2.14 bits per heavy atom. The summed E-state index contributed by atoms with van der Waals surface area (Å²) in [7, 11) is 0. The van der Waals surface area contributed by atoms with Gasteiger partial charge in [-0.25, -0.2) is 0 Å². The topological polar surface area (TPSA) is 34.1 Å². The third kappa shape index (κ3) is 5.08. The predicted octanol–water partition coefficient (Wildman–Crippen LogP) is 0.152. The molecule has 0 bridgehead atoms. The fourth-order valence-corrected chi connectivity index (χ4v) is 0.155. The van der Waals surface area contributed by atoms with Gasteiger partial charge in [0.2, 0.25) is 12.6 Å². The van der Waals surface area contributed by atoms with E-state index in [-0.39, 0.29) is 6.42 Å². The van der Waals surface area contributed by atoms with Gasteiger partial charge in [0.05, 0.1) is 0 Å². The lowest BCUT2D eigenvalue weighted by atomic mass is 10.4. The summed E-state index contributed by atoms with van der Waals surface area (Å²) in [5, 5.41) is 0. The molecule has 2 nitrogen and oxygen atoms in total. The van der Waals surface area contributed by atoms with Crippen LogP contribution in [-0.4, -0.2) is 12.6 Å². The Morgan fingerprint density at radius 3 is 2.57 bits per heavy atom. The second kappa shape index (κ2) is 5.08. The number of hydrogen-bond acceptors (Lipinski definition) is 2. The summed E-state index contributed by atoms with van der Waals surface area (Å²) in [5.41, 5.74) is 0. The average molecular weight is 96.1 g/mol. The molecule has 7 heavy (non-hydrogen) atoms. The molecular weight excluding hydrogens is 92.1 g/mol. The Balaban J connectivity index is 3.08. The maximum Gasteiger partial charge on any atom is 0.225 e. The van der Waals surface area contributed by atoms with Gasteiger partial charge in [0.15, 0.2) is 0 Å². The second-order valence-corrected chi connectivity index (χ2v) is 0.869. The highest BCUT2D eigenvalue weighted by Crippen LogP contribution is 1.71. The van der Waals surface area contributed by atoms with Gasteiger partial charge in [-0.3, -0.25) is 9.59 Å². The van der Waals surface area contributed by atoms with Crippen molar-refractivity contribution >= 4 is 12.6 Å². The molecule has 0 rings (SSSR count). The molecule has 0 aliphatic rings. The van der Waals surface area contributed by atoms with E-state index in [1.807, 2.05) is 0 Å². The van der Waals surface area contributed by atoms with Gasteiger partial charge >= 0.3 is 0 Å². The molecule has 0 aromatic rings. The first-order valence-electron chi connectivity index (χ1n) is 1.79. The van der Waals surface area contributed by atoms with Crippen LogP contribution in [0.5, 0.6) is 0 Å². The smallest absolute Gasteiger partial charge is 0.225 e. The van der Waals surface area contributed by atoms with Crippen molar-refractivity contribution in [3.63, 3.8) is 0 Å². The van der Waals surface area contributed by atoms with E-state index in [1.165, 1.54) is 12.4 Å². The molecule has 0 saturated heterocycles. The van der Waals surface area contributed by atoms with Crippen LogP contribution in [0.4, 0.5) is 0 Å². The standard InChI is InChI=1S/C5H4O2/c6-4-2-1-3-5-7/h1-2H,3H2. The summed E-state index contributed by atoms with van der Waals surface area (Å²) in [4.78, 5) is 18.7. The van der Waals surface area contributed by atoms with Crippen molar-refractivity contribution < 1.29 is 9.59 Å². The summed E-state index contributed by atoms with van der Waals surface area (Å²) in [6.07, 6.45) is 5.79. The zero-order chi connectivity index (χ0) is 5.54. The lowest BCUT2D eigenvalue weighted by Crippen LogP contribution is -1.65. The van der Waals surface area contributed by atoms with Gasteiger partial charge in [-0.1, -0.05) is 6.08 Å². The molecule has 0 fully saturated rings. The van der Waals surface area contributed by atoms with Crippen molar-refractivity contribution in [3.05, 3.63) is 12.2 Å². The van der Waals surface area contributed by atoms with Gasteiger partial charge in [-0.05, 0) is 6.08 Å². The normalized spacial score (nSPS) is 9.14. The summed E-state index contributed by atoms with van der Waals surface area (Å²) in [6.45, 7) is 0. The van der Waals surface area contributed by atoms with Gasteiger partial charge in [0, 0.05) is 6.42 Å². The van der Waals surface area contributed by atoms with Crippen molar-refractivity contribution in [1.29, 1.82) is 0 Å². The molecule has 0 aliphatic heterocycles. The summed E-state index contributed by atoms with van der Waals surface area (Å²) in [6, 6.07) is 0. The largest absolute Gasteiger partial charge is 0.291 e. The molecule has 36 valence electrons. The van der Waals surface area contributed by atoms with Crippen molar-refractivity contribution in [2.45, 2.75) is 6.42 Å². The molecule has 0 aromatic carbocycles. The van der Waals surface area contributed by atoms with E-state index in [9.17, 15) is 9.59 Å². The number of allylic oxidation sites excluding steroid dienone is 2. The third-order valence-corrected chi connectivity index (χ3v) is 0.387. The SMILES string of the molecule is O=[C]C=CC[C]=O. The maximum atomic E-state index is 9.37. The molecule has 0 spiro atoms. The lowest BCUT2D eigenvalue weighted by molar-refractivity contribution is 0.556. The fourth-order valence-electron chi connectivity index (χ4n) is 0.155. The molecule has 0 atom stereocenters. The van der Waals surface area contributed by atoms with Crippen LogP contribution in [-0.2, 0) is 9.59 Å². The second-order valence-electron chi connectivity index (χ2n) is 0.869. The molecule has 2 heteroatoms.